The van der Waals surface area contributed by atoms with E-state index in [-0.39, 0.29) is 64.3 Å². The quantitative estimate of drug-likeness (QED) is 0.213. The molecule has 1 aromatic carbocycles. The summed E-state index contributed by atoms with van der Waals surface area (Å²) in [6.07, 6.45) is 11.0. The second kappa shape index (κ2) is 13.5. The predicted octanol–water partition coefficient (Wildman–Crippen LogP) is 6.61. The molecule has 7 nitrogen and oxygen atoms in total. The number of nitrogens with zero attached hydrogens (tertiary/aromatic N) is 1. The summed E-state index contributed by atoms with van der Waals surface area (Å²) in [4.78, 5) is 30.6. The van der Waals surface area contributed by atoms with Crippen LogP contribution >= 0.6 is 21.6 Å². The molecule has 0 radical (unpaired) electrons. The summed E-state index contributed by atoms with van der Waals surface area (Å²) < 4.78 is 11.1. The second-order valence-electron chi connectivity index (χ2n) is 11.0. The zero-order valence-electron chi connectivity index (χ0n) is 23.2. The van der Waals surface area contributed by atoms with E-state index in [1.54, 1.807) is 12.1 Å². The number of ketones is 1. The fraction of sp³-hybridized carbons (Fsp3) is 0.633. The average molecular weight is 576 g/mol. The molecule has 1 spiro atoms. The van der Waals surface area contributed by atoms with E-state index in [1.165, 1.54) is 19.6 Å². The monoisotopic (exact) mass is 575 g/mol. The lowest BCUT2D eigenvalue weighted by molar-refractivity contribution is -0.151. The lowest BCUT2D eigenvalue weighted by atomic mass is 9.76. The molecule has 1 saturated carbocycles. The second-order valence-corrected chi connectivity index (χ2v) is 13.7. The van der Waals surface area contributed by atoms with E-state index in [2.05, 4.69) is 18.0 Å². The molecule has 214 valence electrons. The molecule has 0 unspecified atom stereocenters. The number of phenolic OH excluding ortho intramolecular Hbond substituents is 2. The molecule has 4 rings (SSSR count). The first kappa shape index (κ1) is 29.8. The SMILES string of the molecule is CCCC[C@H]1[C@@H](OC(C)=O)CC(=O)C[C@H](c2cc(O)c(O)c(OC)c2)C2(CCCC2)SSC[C@@H]1C1=CCN=C1. The molecule has 2 N–H and O–H groups in total. The molecule has 9 heteroatoms. The molecule has 1 aliphatic carbocycles. The zero-order chi connectivity index (χ0) is 28.0. The summed E-state index contributed by atoms with van der Waals surface area (Å²) >= 11 is 0. The molecule has 2 aliphatic heterocycles. The van der Waals surface area contributed by atoms with Gasteiger partial charge in [-0.2, -0.15) is 0 Å². The zero-order valence-corrected chi connectivity index (χ0v) is 24.8. The molecule has 0 aromatic heterocycles. The maximum atomic E-state index is 13.9. The number of ether oxygens (including phenoxy) is 2. The van der Waals surface area contributed by atoms with Crippen molar-refractivity contribution in [2.45, 2.75) is 88.4 Å². The number of esters is 1. The van der Waals surface area contributed by atoms with Crippen molar-refractivity contribution >= 4 is 39.6 Å². The number of methoxy groups -OCH3 is 1. The van der Waals surface area contributed by atoms with Crippen molar-refractivity contribution < 1.29 is 29.3 Å². The largest absolute Gasteiger partial charge is 0.504 e. The number of aliphatic imine (C=N–C) groups is 1. The number of hydrogen-bond donors (Lipinski definition) is 2. The normalized spacial score (nSPS) is 27.3. The number of hydrogen-bond acceptors (Lipinski definition) is 9. The van der Waals surface area contributed by atoms with Crippen LogP contribution in [0.2, 0.25) is 0 Å². The summed E-state index contributed by atoms with van der Waals surface area (Å²) in [7, 11) is 5.17. The number of carbonyl (C=O) groups excluding carboxylic acids is 2. The van der Waals surface area contributed by atoms with Crippen molar-refractivity contribution in [3.63, 3.8) is 0 Å². The Hall–Kier alpha value is -2.13. The van der Waals surface area contributed by atoms with E-state index in [0.29, 0.717) is 6.54 Å². The van der Waals surface area contributed by atoms with E-state index in [0.717, 1.165) is 56.3 Å². The molecule has 3 aliphatic rings. The molecule has 2 heterocycles. The number of carbonyl (C=O) groups is 2. The standard InChI is InChI=1S/C30H41NO6S2/c1-4-5-8-23-24(20-9-12-31-17-20)18-38-39-30(10-6-7-11-30)25(15-22(33)16-27(23)37-19(2)32)21-13-26(34)29(35)28(14-21)36-3/h9,13-14,17,23-25,27,34-35H,4-8,10-12,15-16,18H2,1-3H3/t23-,24-,25-,27+/m1/s1. The Morgan fingerprint density at radius 2 is 1.97 bits per heavy atom. The van der Waals surface area contributed by atoms with Gasteiger partial charge in [-0.1, -0.05) is 60.3 Å². The Morgan fingerprint density at radius 3 is 2.62 bits per heavy atom. The molecule has 39 heavy (non-hydrogen) atoms. The lowest BCUT2D eigenvalue weighted by Crippen LogP contribution is -2.36. The van der Waals surface area contributed by atoms with Crippen LogP contribution in [-0.4, -0.2) is 58.4 Å². The Kier molecular flexibility index (Phi) is 10.3. The highest BCUT2D eigenvalue weighted by Gasteiger charge is 2.46. The number of benzene rings is 1. The Balaban J connectivity index is 1.77. The Morgan fingerprint density at radius 1 is 1.21 bits per heavy atom. The molecule has 2 fully saturated rings. The van der Waals surface area contributed by atoms with Crippen LogP contribution in [0, 0.1) is 11.8 Å². The van der Waals surface area contributed by atoms with Crippen molar-refractivity contribution in [2.24, 2.45) is 16.8 Å². The van der Waals surface area contributed by atoms with Gasteiger partial charge in [0.15, 0.2) is 11.5 Å². The molecule has 0 amide bonds. The Bertz CT molecular complexity index is 1100. The van der Waals surface area contributed by atoms with Crippen LogP contribution in [-0.2, 0) is 14.3 Å². The first-order valence-corrected chi connectivity index (χ1v) is 16.4. The third kappa shape index (κ3) is 6.96. The van der Waals surface area contributed by atoms with Gasteiger partial charge in [-0.25, -0.2) is 0 Å². The fourth-order valence-electron chi connectivity index (χ4n) is 6.46. The highest BCUT2D eigenvalue weighted by atomic mass is 33.1. The van der Waals surface area contributed by atoms with E-state index < -0.39 is 6.10 Å². The topological polar surface area (TPSA) is 105 Å². The maximum Gasteiger partial charge on any atom is 0.302 e. The van der Waals surface area contributed by atoms with Gasteiger partial charge in [0.25, 0.3) is 0 Å². The van der Waals surface area contributed by atoms with Gasteiger partial charge < -0.3 is 19.7 Å². The fourth-order valence-corrected chi connectivity index (χ4v) is 10.3. The number of unbranched alkanes of at least 4 members (excludes halogenated alkanes) is 1. The van der Waals surface area contributed by atoms with E-state index >= 15 is 0 Å². The van der Waals surface area contributed by atoms with Crippen LogP contribution in [0.1, 0.15) is 83.1 Å². The van der Waals surface area contributed by atoms with E-state index in [1.807, 2.05) is 27.8 Å². The number of rotatable bonds is 7. The van der Waals surface area contributed by atoms with Crippen molar-refractivity contribution in [3.05, 3.63) is 29.3 Å². The maximum absolute atomic E-state index is 13.9. The average Bonchev–Trinajstić information content (AvgIpc) is 3.60. The molecule has 0 bridgehead atoms. The number of allylic oxidation sites excluding steroid dienone is 1. The molecular weight excluding hydrogens is 534 g/mol. The van der Waals surface area contributed by atoms with Crippen LogP contribution < -0.4 is 4.74 Å². The van der Waals surface area contributed by atoms with Crippen LogP contribution in [0.3, 0.4) is 0 Å². The van der Waals surface area contributed by atoms with E-state index in [4.69, 9.17) is 9.47 Å². The molecule has 1 aromatic rings. The highest BCUT2D eigenvalue weighted by molar-refractivity contribution is 8.77. The lowest BCUT2D eigenvalue weighted by Gasteiger charge is -2.37. The van der Waals surface area contributed by atoms with E-state index in [9.17, 15) is 19.8 Å². The summed E-state index contributed by atoms with van der Waals surface area (Å²) in [5, 5.41) is 20.8. The van der Waals surface area contributed by atoms with Gasteiger partial charge in [-0.3, -0.25) is 14.6 Å². The summed E-state index contributed by atoms with van der Waals surface area (Å²) in [6, 6.07) is 3.34. The molecule has 4 atom stereocenters. The van der Waals surface area contributed by atoms with Gasteiger partial charge in [0.05, 0.1) is 13.7 Å². The van der Waals surface area contributed by atoms with Gasteiger partial charge in [0.2, 0.25) is 5.75 Å². The van der Waals surface area contributed by atoms with Gasteiger partial charge in [0.1, 0.15) is 11.9 Å². The van der Waals surface area contributed by atoms with Gasteiger partial charge >= 0.3 is 5.97 Å². The highest BCUT2D eigenvalue weighted by Crippen LogP contribution is 2.58. The number of aromatic hydroxyl groups is 2. The molecular formula is C30H41NO6S2. The van der Waals surface area contributed by atoms with Crippen LogP contribution in [0.25, 0.3) is 0 Å². The van der Waals surface area contributed by atoms with Gasteiger partial charge in [-0.05, 0) is 42.5 Å². The van der Waals surface area contributed by atoms with Crippen molar-refractivity contribution in [1.82, 2.24) is 0 Å². The minimum absolute atomic E-state index is 0.0237. The van der Waals surface area contributed by atoms with Crippen molar-refractivity contribution in [3.8, 4) is 17.2 Å². The number of phenols is 2. The minimum Gasteiger partial charge on any atom is -0.504 e. The predicted molar refractivity (Wildman–Crippen MR) is 158 cm³/mol. The van der Waals surface area contributed by atoms with Gasteiger partial charge in [-0.15, -0.1) is 0 Å². The van der Waals surface area contributed by atoms with Gasteiger partial charge in [0, 0.05) is 54.2 Å². The number of Topliss-reactive ketones (excluding diaryl/α,β-unsaturated/α-hetero) is 1. The smallest absolute Gasteiger partial charge is 0.302 e. The first-order valence-electron chi connectivity index (χ1n) is 14.1. The first-order chi connectivity index (χ1) is 18.8. The summed E-state index contributed by atoms with van der Waals surface area (Å²) in [6.45, 7) is 4.24. The third-order valence-electron chi connectivity index (χ3n) is 8.42. The van der Waals surface area contributed by atoms with Crippen molar-refractivity contribution in [1.29, 1.82) is 0 Å². The minimum atomic E-state index is -0.506. The van der Waals surface area contributed by atoms with Crippen molar-refractivity contribution in [2.75, 3.05) is 19.4 Å². The van der Waals surface area contributed by atoms with Crippen LogP contribution in [0.15, 0.2) is 28.8 Å². The van der Waals surface area contributed by atoms with Crippen LogP contribution in [0.4, 0.5) is 0 Å². The Labute approximate surface area is 239 Å². The third-order valence-corrected chi connectivity index (χ3v) is 11.8. The van der Waals surface area contributed by atoms with Crippen LogP contribution in [0.5, 0.6) is 17.2 Å². The summed E-state index contributed by atoms with van der Waals surface area (Å²) in [5.74, 6) is 0.143. The summed E-state index contributed by atoms with van der Waals surface area (Å²) in [5.41, 5.74) is 1.97. The molecule has 1 saturated heterocycles.